The molecule has 1 heterocycles. The van der Waals surface area contributed by atoms with Gasteiger partial charge in [-0.2, -0.15) is 0 Å². The van der Waals surface area contributed by atoms with Crippen molar-refractivity contribution >= 4 is 50.2 Å². The van der Waals surface area contributed by atoms with Crippen LogP contribution in [-0.4, -0.2) is 37.7 Å². The number of hydrogen-bond acceptors (Lipinski definition) is 4. The molecule has 2 N–H and O–H groups in total. The number of halogens is 2. The van der Waals surface area contributed by atoms with E-state index in [0.717, 1.165) is 9.86 Å². The molecule has 0 spiro atoms. The van der Waals surface area contributed by atoms with Crippen LogP contribution in [0.4, 0.5) is 5.82 Å². The highest BCUT2D eigenvalue weighted by molar-refractivity contribution is 9.10. The molecule has 0 saturated carbocycles. The molecule has 1 amide bonds. The predicted molar refractivity (Wildman–Crippen MR) is 87.8 cm³/mol. The molecule has 0 atom stereocenters. The molecule has 0 fully saturated rings. The minimum Gasteiger partial charge on any atom is -0.383 e. The van der Waals surface area contributed by atoms with E-state index in [0.29, 0.717) is 29.5 Å². The summed E-state index contributed by atoms with van der Waals surface area (Å²) in [6.45, 7) is 1.13. The number of anilines is 1. The number of carbonyl (C=O) groups excluding carboxylic acids is 1. The summed E-state index contributed by atoms with van der Waals surface area (Å²) in [6.07, 6.45) is 0. The van der Waals surface area contributed by atoms with Crippen molar-refractivity contribution in [1.29, 1.82) is 0 Å². The summed E-state index contributed by atoms with van der Waals surface area (Å²) in [7, 11) is 1.59. The van der Waals surface area contributed by atoms with Crippen LogP contribution in [0.2, 0.25) is 5.02 Å². The van der Waals surface area contributed by atoms with Gasteiger partial charge in [0.2, 0.25) is 5.91 Å². The fourth-order valence-electron chi connectivity index (χ4n) is 1.78. The van der Waals surface area contributed by atoms with Crippen LogP contribution in [-0.2, 0) is 9.53 Å². The second kappa shape index (κ2) is 7.59. The number of benzene rings is 1. The van der Waals surface area contributed by atoms with Crippen LogP contribution in [0.15, 0.2) is 28.7 Å². The standard InChI is InChI=1S/C14H15BrClN3O2/c1-21-5-4-17-13(20)8-18-12-3-2-9-6-10(15)7-11(16)14(9)19-12/h2-3,6-7H,4-5,8H2,1H3,(H,17,20)(H,18,19). The lowest BCUT2D eigenvalue weighted by molar-refractivity contribution is -0.119. The van der Waals surface area contributed by atoms with Gasteiger partial charge in [0, 0.05) is 23.5 Å². The Morgan fingerprint density at radius 2 is 2.24 bits per heavy atom. The highest BCUT2D eigenvalue weighted by Gasteiger charge is 2.06. The molecule has 1 aromatic heterocycles. The van der Waals surface area contributed by atoms with Gasteiger partial charge in [0.15, 0.2) is 0 Å². The second-order valence-corrected chi connectivity index (χ2v) is 5.68. The molecule has 0 radical (unpaired) electrons. The number of rotatable bonds is 6. The summed E-state index contributed by atoms with van der Waals surface area (Å²) in [5, 5.41) is 7.19. The van der Waals surface area contributed by atoms with Crippen LogP contribution in [0.5, 0.6) is 0 Å². The van der Waals surface area contributed by atoms with Crippen LogP contribution in [0.1, 0.15) is 0 Å². The number of amides is 1. The Hall–Kier alpha value is -1.37. The highest BCUT2D eigenvalue weighted by atomic mass is 79.9. The quantitative estimate of drug-likeness (QED) is 0.765. The van der Waals surface area contributed by atoms with Gasteiger partial charge in [-0.3, -0.25) is 4.79 Å². The topological polar surface area (TPSA) is 63.2 Å². The number of nitrogens with one attached hydrogen (secondary N) is 2. The lowest BCUT2D eigenvalue weighted by atomic mass is 10.2. The van der Waals surface area contributed by atoms with Gasteiger partial charge in [0.1, 0.15) is 5.82 Å². The lowest BCUT2D eigenvalue weighted by Crippen LogP contribution is -2.32. The predicted octanol–water partition coefficient (Wildman–Crippen LogP) is 2.83. The average molecular weight is 373 g/mol. The van der Waals surface area contributed by atoms with Crippen LogP contribution < -0.4 is 10.6 Å². The summed E-state index contributed by atoms with van der Waals surface area (Å²) in [6, 6.07) is 7.45. The van der Waals surface area contributed by atoms with Gasteiger partial charge in [-0.25, -0.2) is 4.98 Å². The Labute approximate surface area is 136 Å². The molecule has 5 nitrogen and oxygen atoms in total. The number of hydrogen-bond donors (Lipinski definition) is 2. The number of methoxy groups -OCH3 is 1. The molecule has 0 unspecified atom stereocenters. The monoisotopic (exact) mass is 371 g/mol. The fraction of sp³-hybridized carbons (Fsp3) is 0.286. The second-order valence-electron chi connectivity index (χ2n) is 4.35. The first-order chi connectivity index (χ1) is 10.1. The maximum atomic E-state index is 11.6. The van der Waals surface area contributed by atoms with Crippen molar-refractivity contribution in [2.75, 3.05) is 32.1 Å². The molecular formula is C14H15BrClN3O2. The summed E-state index contributed by atoms with van der Waals surface area (Å²) < 4.78 is 5.76. The van der Waals surface area contributed by atoms with Gasteiger partial charge < -0.3 is 15.4 Å². The summed E-state index contributed by atoms with van der Waals surface area (Å²) in [4.78, 5) is 16.0. The number of ether oxygens (including phenoxy) is 1. The summed E-state index contributed by atoms with van der Waals surface area (Å²) >= 11 is 9.56. The summed E-state index contributed by atoms with van der Waals surface area (Å²) in [5.74, 6) is 0.490. The zero-order valence-electron chi connectivity index (χ0n) is 11.5. The third-order valence-corrected chi connectivity index (χ3v) is 3.52. The molecule has 2 aromatic rings. The zero-order chi connectivity index (χ0) is 15.2. The van der Waals surface area contributed by atoms with E-state index < -0.39 is 0 Å². The Morgan fingerprint density at radius 1 is 1.43 bits per heavy atom. The molecule has 7 heteroatoms. The Balaban J connectivity index is 2.01. The first kappa shape index (κ1) is 16.0. The van der Waals surface area contributed by atoms with Gasteiger partial charge >= 0.3 is 0 Å². The van der Waals surface area contributed by atoms with E-state index in [-0.39, 0.29) is 12.5 Å². The lowest BCUT2D eigenvalue weighted by Gasteiger charge is -2.08. The van der Waals surface area contributed by atoms with Crippen molar-refractivity contribution in [3.8, 4) is 0 Å². The number of fused-ring (bicyclic) bond motifs is 1. The van der Waals surface area contributed by atoms with Crippen LogP contribution >= 0.6 is 27.5 Å². The molecule has 2 rings (SSSR count). The van der Waals surface area contributed by atoms with Crippen molar-refractivity contribution in [2.24, 2.45) is 0 Å². The number of pyridine rings is 1. The fourth-order valence-corrected chi connectivity index (χ4v) is 2.66. The SMILES string of the molecule is COCCNC(=O)CNc1ccc2cc(Br)cc(Cl)c2n1. The maximum Gasteiger partial charge on any atom is 0.239 e. The van der Waals surface area contributed by atoms with Gasteiger partial charge in [-0.1, -0.05) is 27.5 Å². The van der Waals surface area contributed by atoms with E-state index >= 15 is 0 Å². The van der Waals surface area contributed by atoms with Gasteiger partial charge in [-0.05, 0) is 24.3 Å². The van der Waals surface area contributed by atoms with E-state index in [1.54, 1.807) is 13.2 Å². The number of nitrogens with zero attached hydrogens (tertiary/aromatic N) is 1. The average Bonchev–Trinajstić information content (AvgIpc) is 2.45. The zero-order valence-corrected chi connectivity index (χ0v) is 13.8. The molecule has 0 saturated heterocycles. The minimum absolute atomic E-state index is 0.115. The Kier molecular flexibility index (Phi) is 5.78. The molecule has 21 heavy (non-hydrogen) atoms. The van der Waals surface area contributed by atoms with E-state index in [2.05, 4.69) is 31.5 Å². The van der Waals surface area contributed by atoms with Gasteiger partial charge in [0.25, 0.3) is 0 Å². The van der Waals surface area contributed by atoms with Gasteiger partial charge in [-0.15, -0.1) is 0 Å². The first-order valence-electron chi connectivity index (χ1n) is 6.35. The first-order valence-corrected chi connectivity index (χ1v) is 7.52. The third kappa shape index (κ3) is 4.56. The minimum atomic E-state index is -0.115. The Morgan fingerprint density at radius 3 is 3.00 bits per heavy atom. The third-order valence-electron chi connectivity index (χ3n) is 2.77. The molecule has 0 bridgehead atoms. The molecular weight excluding hydrogens is 358 g/mol. The largest absolute Gasteiger partial charge is 0.383 e. The summed E-state index contributed by atoms with van der Waals surface area (Å²) in [5.41, 5.74) is 0.699. The molecule has 1 aromatic carbocycles. The molecule has 0 aliphatic carbocycles. The molecule has 0 aliphatic heterocycles. The van der Waals surface area contributed by atoms with Crippen LogP contribution in [0.3, 0.4) is 0 Å². The normalized spacial score (nSPS) is 10.6. The van der Waals surface area contributed by atoms with E-state index in [1.165, 1.54) is 0 Å². The van der Waals surface area contributed by atoms with Crippen molar-refractivity contribution in [1.82, 2.24) is 10.3 Å². The van der Waals surface area contributed by atoms with Crippen LogP contribution in [0.25, 0.3) is 10.9 Å². The highest BCUT2D eigenvalue weighted by Crippen LogP contribution is 2.27. The van der Waals surface area contributed by atoms with Crippen molar-refractivity contribution < 1.29 is 9.53 Å². The Bertz CT molecular complexity index is 651. The van der Waals surface area contributed by atoms with Crippen molar-refractivity contribution in [2.45, 2.75) is 0 Å². The number of carbonyl (C=O) groups is 1. The van der Waals surface area contributed by atoms with Crippen molar-refractivity contribution in [3.05, 3.63) is 33.8 Å². The van der Waals surface area contributed by atoms with E-state index in [1.807, 2.05) is 18.2 Å². The number of aromatic nitrogens is 1. The van der Waals surface area contributed by atoms with Crippen LogP contribution in [0, 0.1) is 0 Å². The van der Waals surface area contributed by atoms with E-state index in [9.17, 15) is 4.79 Å². The maximum absolute atomic E-state index is 11.6. The molecule has 112 valence electrons. The molecule has 0 aliphatic rings. The van der Waals surface area contributed by atoms with Crippen molar-refractivity contribution in [3.63, 3.8) is 0 Å². The van der Waals surface area contributed by atoms with Gasteiger partial charge in [0.05, 0.1) is 23.7 Å². The smallest absolute Gasteiger partial charge is 0.239 e. The van der Waals surface area contributed by atoms with E-state index in [4.69, 9.17) is 16.3 Å².